The first-order valence-corrected chi connectivity index (χ1v) is 12.7. The Morgan fingerprint density at radius 2 is 1.53 bits per heavy atom. The predicted molar refractivity (Wildman–Crippen MR) is 150 cm³/mol. The maximum absolute atomic E-state index is 12.7. The number of carbonyl (C=O) groups excluding carboxylic acids is 2. The number of amides is 2. The number of anilines is 2. The van der Waals surface area contributed by atoms with E-state index in [-0.39, 0.29) is 18.1 Å². The molecule has 0 atom stereocenters. The molecular weight excluding hydrogens is 586 g/mol. The highest BCUT2D eigenvalue weighted by molar-refractivity contribution is 9.11. The van der Waals surface area contributed by atoms with Gasteiger partial charge in [-0.25, -0.2) is 0 Å². The number of ether oxygens (including phenoxy) is 1. The van der Waals surface area contributed by atoms with E-state index in [4.69, 9.17) is 4.74 Å². The minimum atomic E-state index is -0.500. The lowest BCUT2D eigenvalue weighted by molar-refractivity contribution is -0.118. The highest BCUT2D eigenvalue weighted by Gasteiger charge is 2.15. The van der Waals surface area contributed by atoms with Crippen LogP contribution in [0.4, 0.5) is 11.4 Å². The second-order valence-corrected chi connectivity index (χ2v) is 10.1. The lowest BCUT2D eigenvalue weighted by atomic mass is 10.1. The second kappa shape index (κ2) is 12.0. The third-order valence-electron chi connectivity index (χ3n) is 5.34. The molecule has 0 aromatic heterocycles. The van der Waals surface area contributed by atoms with E-state index in [2.05, 4.69) is 42.5 Å². The summed E-state index contributed by atoms with van der Waals surface area (Å²) >= 11 is 6.91. The molecule has 0 bridgehead atoms. The van der Waals surface area contributed by atoms with Gasteiger partial charge in [0, 0.05) is 11.4 Å². The van der Waals surface area contributed by atoms with Crippen LogP contribution in [-0.2, 0) is 9.59 Å². The first-order valence-electron chi connectivity index (χ1n) is 11.1. The molecule has 3 aromatic carbocycles. The van der Waals surface area contributed by atoms with Crippen LogP contribution in [0.3, 0.4) is 0 Å². The minimum absolute atomic E-state index is 0.0460. The van der Waals surface area contributed by atoms with Crippen LogP contribution >= 0.6 is 31.9 Å². The quantitative estimate of drug-likeness (QED) is 0.222. The number of carbonyl (C=O) groups is 2. The van der Waals surface area contributed by atoms with Gasteiger partial charge in [-0.15, -0.1) is 0 Å². The van der Waals surface area contributed by atoms with Crippen LogP contribution in [0.5, 0.6) is 5.75 Å². The first kappa shape index (κ1) is 27.2. The SMILES string of the molecule is Cc1ccc(NC(=O)/C(C#N)=C/c2cc(Br)c(OCC(=O)Nc3cc(C)ccc3C)c(Br)c2)c(C)c1. The van der Waals surface area contributed by atoms with Crippen LogP contribution in [0.25, 0.3) is 6.08 Å². The van der Waals surface area contributed by atoms with Crippen molar-refractivity contribution in [3.8, 4) is 11.8 Å². The third kappa shape index (κ3) is 7.06. The Kier molecular flexibility index (Phi) is 9.08. The maximum atomic E-state index is 12.7. The Labute approximate surface area is 227 Å². The van der Waals surface area contributed by atoms with Crippen molar-refractivity contribution in [3.63, 3.8) is 0 Å². The van der Waals surface area contributed by atoms with Crippen molar-refractivity contribution in [2.45, 2.75) is 27.7 Å². The van der Waals surface area contributed by atoms with Gasteiger partial charge in [-0.1, -0.05) is 29.8 Å². The zero-order chi connectivity index (χ0) is 26.4. The highest BCUT2D eigenvalue weighted by Crippen LogP contribution is 2.35. The van der Waals surface area contributed by atoms with E-state index in [1.807, 2.05) is 70.2 Å². The average molecular weight is 611 g/mol. The summed E-state index contributed by atoms with van der Waals surface area (Å²) in [5.74, 6) is -0.358. The number of nitriles is 1. The Balaban J connectivity index is 1.71. The largest absolute Gasteiger partial charge is 0.481 e. The number of hydrogen-bond donors (Lipinski definition) is 2. The summed E-state index contributed by atoms with van der Waals surface area (Å²) in [5.41, 5.74) is 5.95. The van der Waals surface area contributed by atoms with Crippen molar-refractivity contribution in [1.82, 2.24) is 0 Å². The summed E-state index contributed by atoms with van der Waals surface area (Å²) in [7, 11) is 0. The topological polar surface area (TPSA) is 91.2 Å². The van der Waals surface area contributed by atoms with E-state index in [9.17, 15) is 14.9 Å². The van der Waals surface area contributed by atoms with Crippen LogP contribution in [0.1, 0.15) is 27.8 Å². The van der Waals surface area contributed by atoms with Crippen molar-refractivity contribution >= 4 is 61.1 Å². The van der Waals surface area contributed by atoms with Gasteiger partial charge in [0.2, 0.25) is 0 Å². The molecule has 0 spiro atoms. The van der Waals surface area contributed by atoms with Crippen molar-refractivity contribution in [1.29, 1.82) is 5.26 Å². The Morgan fingerprint density at radius 1 is 0.889 bits per heavy atom. The molecular formula is C28H25Br2N3O3. The molecule has 3 rings (SSSR count). The number of nitrogens with one attached hydrogen (secondary N) is 2. The molecule has 2 amide bonds. The second-order valence-electron chi connectivity index (χ2n) is 8.41. The lowest BCUT2D eigenvalue weighted by Gasteiger charge is -2.13. The van der Waals surface area contributed by atoms with Crippen molar-refractivity contribution < 1.29 is 14.3 Å². The number of halogens is 2. The molecule has 36 heavy (non-hydrogen) atoms. The minimum Gasteiger partial charge on any atom is -0.481 e. The molecule has 0 aliphatic rings. The molecule has 8 heteroatoms. The number of benzene rings is 3. The normalized spacial score (nSPS) is 11.0. The summed E-state index contributed by atoms with van der Waals surface area (Å²) in [5, 5.41) is 15.2. The molecule has 0 radical (unpaired) electrons. The number of hydrogen-bond acceptors (Lipinski definition) is 4. The summed E-state index contributed by atoms with van der Waals surface area (Å²) in [6.07, 6.45) is 1.49. The van der Waals surface area contributed by atoms with Gasteiger partial charge in [-0.05, 0) is 112 Å². The number of aryl methyl sites for hydroxylation is 4. The highest BCUT2D eigenvalue weighted by atomic mass is 79.9. The standard InChI is InChI=1S/C28H25Br2N3O3/c1-16-6-8-24(19(4)9-16)33-28(35)21(14-31)11-20-12-22(29)27(23(30)13-20)36-15-26(34)32-25-10-17(2)5-7-18(25)3/h5-13H,15H2,1-4H3,(H,32,34)(H,33,35)/b21-11+. The summed E-state index contributed by atoms with van der Waals surface area (Å²) in [4.78, 5) is 25.1. The third-order valence-corrected chi connectivity index (χ3v) is 6.52. The molecule has 3 aromatic rings. The van der Waals surface area contributed by atoms with E-state index < -0.39 is 5.91 Å². The predicted octanol–water partition coefficient (Wildman–Crippen LogP) is 7.01. The van der Waals surface area contributed by atoms with E-state index in [1.54, 1.807) is 12.1 Å². The van der Waals surface area contributed by atoms with Gasteiger partial charge in [-0.3, -0.25) is 9.59 Å². The lowest BCUT2D eigenvalue weighted by Crippen LogP contribution is -2.21. The summed E-state index contributed by atoms with van der Waals surface area (Å²) in [6, 6.07) is 16.9. The molecule has 2 N–H and O–H groups in total. The Morgan fingerprint density at radius 3 is 2.17 bits per heavy atom. The van der Waals surface area contributed by atoms with Crippen LogP contribution < -0.4 is 15.4 Å². The Hall–Kier alpha value is -3.41. The zero-order valence-corrected chi connectivity index (χ0v) is 23.5. The van der Waals surface area contributed by atoms with Gasteiger partial charge in [0.1, 0.15) is 17.4 Å². The van der Waals surface area contributed by atoms with Gasteiger partial charge in [0.05, 0.1) is 8.95 Å². The van der Waals surface area contributed by atoms with E-state index in [1.165, 1.54) is 6.08 Å². The van der Waals surface area contributed by atoms with Crippen LogP contribution in [0.15, 0.2) is 63.0 Å². The fourth-order valence-electron chi connectivity index (χ4n) is 3.45. The van der Waals surface area contributed by atoms with Crippen molar-refractivity contribution in [2.75, 3.05) is 17.2 Å². The molecule has 184 valence electrons. The van der Waals surface area contributed by atoms with Gasteiger partial charge >= 0.3 is 0 Å². The molecule has 0 unspecified atom stereocenters. The average Bonchev–Trinajstić information content (AvgIpc) is 2.81. The molecule has 0 fully saturated rings. The van der Waals surface area contributed by atoms with Crippen LogP contribution in [-0.4, -0.2) is 18.4 Å². The van der Waals surface area contributed by atoms with Crippen LogP contribution in [0, 0.1) is 39.0 Å². The van der Waals surface area contributed by atoms with Crippen LogP contribution in [0.2, 0.25) is 0 Å². The fraction of sp³-hybridized carbons (Fsp3) is 0.179. The maximum Gasteiger partial charge on any atom is 0.266 e. The number of nitrogens with zero attached hydrogens (tertiary/aromatic N) is 1. The van der Waals surface area contributed by atoms with Gasteiger partial charge < -0.3 is 15.4 Å². The van der Waals surface area contributed by atoms with Crippen molar-refractivity contribution in [2.24, 2.45) is 0 Å². The molecule has 6 nitrogen and oxygen atoms in total. The molecule has 0 heterocycles. The first-order chi connectivity index (χ1) is 17.1. The van der Waals surface area contributed by atoms with Gasteiger partial charge in [0.15, 0.2) is 6.61 Å². The van der Waals surface area contributed by atoms with E-state index in [0.29, 0.717) is 25.9 Å². The zero-order valence-electron chi connectivity index (χ0n) is 20.3. The van der Waals surface area contributed by atoms with E-state index in [0.717, 1.165) is 27.9 Å². The van der Waals surface area contributed by atoms with Gasteiger partial charge in [-0.2, -0.15) is 5.26 Å². The summed E-state index contributed by atoms with van der Waals surface area (Å²) in [6.45, 7) is 7.56. The molecule has 0 saturated heterocycles. The molecule has 0 aliphatic carbocycles. The summed E-state index contributed by atoms with van der Waals surface area (Å²) < 4.78 is 6.87. The van der Waals surface area contributed by atoms with Gasteiger partial charge in [0.25, 0.3) is 11.8 Å². The smallest absolute Gasteiger partial charge is 0.266 e. The fourth-order valence-corrected chi connectivity index (χ4v) is 4.90. The Bertz CT molecular complexity index is 1380. The molecule has 0 aliphatic heterocycles. The monoisotopic (exact) mass is 609 g/mol. The van der Waals surface area contributed by atoms with Crippen molar-refractivity contribution in [3.05, 3.63) is 90.9 Å². The number of rotatable bonds is 7. The molecule has 0 saturated carbocycles. The van der Waals surface area contributed by atoms with E-state index >= 15 is 0 Å².